The van der Waals surface area contributed by atoms with Crippen LogP contribution in [-0.2, 0) is 10.2 Å². The highest BCUT2D eigenvalue weighted by molar-refractivity contribution is 5.91. The van der Waals surface area contributed by atoms with E-state index in [1.165, 1.54) is 19.1 Å². The molecule has 0 heterocycles. The summed E-state index contributed by atoms with van der Waals surface area (Å²) in [5.74, 6) is -0.436. The Labute approximate surface area is 146 Å². The molecule has 2 aromatic rings. The molecule has 0 fully saturated rings. The summed E-state index contributed by atoms with van der Waals surface area (Å²) in [6, 6.07) is 12.8. The van der Waals surface area contributed by atoms with Gasteiger partial charge in [0, 0.05) is 30.3 Å². The van der Waals surface area contributed by atoms with Gasteiger partial charge in [-0.25, -0.2) is 9.18 Å². The van der Waals surface area contributed by atoms with Gasteiger partial charge in [-0.1, -0.05) is 26.0 Å². The Morgan fingerprint density at radius 3 is 1.96 bits per heavy atom. The predicted octanol–water partition coefficient (Wildman–Crippen LogP) is 3.88. The second-order valence-corrected chi connectivity index (χ2v) is 6.46. The molecule has 3 N–H and O–H groups in total. The first kappa shape index (κ1) is 18.4. The molecule has 0 aliphatic heterocycles. The second kappa shape index (κ2) is 7.79. The molecule has 25 heavy (non-hydrogen) atoms. The summed E-state index contributed by atoms with van der Waals surface area (Å²) in [5, 5.41) is 8.21. The number of carbonyl (C=O) groups excluding carboxylic acids is 2. The number of rotatable bonds is 5. The van der Waals surface area contributed by atoms with Crippen LogP contribution in [0.5, 0.6) is 0 Å². The van der Waals surface area contributed by atoms with Crippen molar-refractivity contribution in [2.75, 3.05) is 17.2 Å². The van der Waals surface area contributed by atoms with E-state index in [-0.39, 0.29) is 23.2 Å². The van der Waals surface area contributed by atoms with E-state index in [1.807, 2.05) is 13.8 Å². The Morgan fingerprint density at radius 2 is 1.44 bits per heavy atom. The number of urea groups is 1. The van der Waals surface area contributed by atoms with E-state index in [9.17, 15) is 14.0 Å². The van der Waals surface area contributed by atoms with Crippen LogP contribution in [0.4, 0.5) is 20.6 Å². The number of halogens is 1. The maximum absolute atomic E-state index is 13.0. The first-order chi connectivity index (χ1) is 11.8. The van der Waals surface area contributed by atoms with Crippen molar-refractivity contribution in [3.8, 4) is 0 Å². The molecular weight excluding hydrogens is 321 g/mol. The zero-order valence-corrected chi connectivity index (χ0v) is 14.5. The summed E-state index contributed by atoms with van der Waals surface area (Å²) < 4.78 is 13.0. The van der Waals surface area contributed by atoms with Crippen LogP contribution in [0.15, 0.2) is 48.5 Å². The maximum atomic E-state index is 13.0. The second-order valence-electron chi connectivity index (χ2n) is 6.46. The van der Waals surface area contributed by atoms with E-state index in [1.54, 1.807) is 36.4 Å². The number of amides is 3. The summed E-state index contributed by atoms with van der Waals surface area (Å²) in [6.07, 6.45) is 0. The minimum Gasteiger partial charge on any atom is -0.337 e. The van der Waals surface area contributed by atoms with Gasteiger partial charge in [0.2, 0.25) is 5.91 Å². The lowest BCUT2D eigenvalue weighted by atomic mass is 9.84. The number of hydrogen-bond acceptors (Lipinski definition) is 2. The molecule has 6 heteroatoms. The van der Waals surface area contributed by atoms with Gasteiger partial charge in [-0.3, -0.25) is 4.79 Å². The molecule has 0 aromatic heterocycles. The SMILES string of the molecule is CC(=O)Nc1ccc(NC(=O)NCC(C)(C)c2ccc(F)cc2)cc1. The van der Waals surface area contributed by atoms with Crippen molar-refractivity contribution >= 4 is 23.3 Å². The highest BCUT2D eigenvalue weighted by atomic mass is 19.1. The summed E-state index contributed by atoms with van der Waals surface area (Å²) in [6.45, 7) is 5.78. The number of benzene rings is 2. The van der Waals surface area contributed by atoms with Gasteiger partial charge in [-0.05, 0) is 42.0 Å². The van der Waals surface area contributed by atoms with Crippen molar-refractivity contribution in [1.29, 1.82) is 0 Å². The highest BCUT2D eigenvalue weighted by Gasteiger charge is 2.21. The molecule has 0 saturated heterocycles. The quantitative estimate of drug-likeness (QED) is 0.771. The van der Waals surface area contributed by atoms with Gasteiger partial charge in [-0.15, -0.1) is 0 Å². The molecule has 132 valence electrons. The van der Waals surface area contributed by atoms with Crippen LogP contribution in [-0.4, -0.2) is 18.5 Å². The Morgan fingerprint density at radius 1 is 0.920 bits per heavy atom. The Hall–Kier alpha value is -2.89. The smallest absolute Gasteiger partial charge is 0.319 e. The fourth-order valence-electron chi connectivity index (χ4n) is 2.32. The molecule has 0 aliphatic carbocycles. The Balaban J connectivity index is 1.89. The van der Waals surface area contributed by atoms with E-state index in [0.717, 1.165) is 5.56 Å². The van der Waals surface area contributed by atoms with Crippen molar-refractivity contribution in [2.24, 2.45) is 0 Å². The first-order valence-corrected chi connectivity index (χ1v) is 7.95. The van der Waals surface area contributed by atoms with Crippen molar-refractivity contribution < 1.29 is 14.0 Å². The van der Waals surface area contributed by atoms with E-state index in [0.29, 0.717) is 17.9 Å². The molecule has 2 rings (SSSR count). The van der Waals surface area contributed by atoms with Gasteiger partial charge in [0.15, 0.2) is 0 Å². The fraction of sp³-hybridized carbons (Fsp3) is 0.263. The predicted molar refractivity (Wildman–Crippen MR) is 97.2 cm³/mol. The van der Waals surface area contributed by atoms with Gasteiger partial charge in [0.05, 0.1) is 0 Å². The molecule has 0 unspecified atom stereocenters. The molecule has 2 aromatic carbocycles. The Kier molecular flexibility index (Phi) is 5.75. The largest absolute Gasteiger partial charge is 0.337 e. The topological polar surface area (TPSA) is 70.2 Å². The first-order valence-electron chi connectivity index (χ1n) is 7.95. The van der Waals surface area contributed by atoms with Crippen LogP contribution in [0.3, 0.4) is 0 Å². The van der Waals surface area contributed by atoms with Crippen LogP contribution in [0, 0.1) is 5.82 Å². The molecule has 3 amide bonds. The lowest BCUT2D eigenvalue weighted by molar-refractivity contribution is -0.114. The average molecular weight is 343 g/mol. The fourth-order valence-corrected chi connectivity index (χ4v) is 2.32. The summed E-state index contributed by atoms with van der Waals surface area (Å²) in [7, 11) is 0. The van der Waals surface area contributed by atoms with Gasteiger partial charge in [-0.2, -0.15) is 0 Å². The molecule has 0 spiro atoms. The molecule has 0 saturated carbocycles. The molecule has 0 aliphatic rings. The molecule has 0 atom stereocenters. The summed E-state index contributed by atoms with van der Waals surface area (Å²) in [4.78, 5) is 23.0. The normalized spacial score (nSPS) is 10.9. The van der Waals surface area contributed by atoms with Gasteiger partial charge >= 0.3 is 6.03 Å². The van der Waals surface area contributed by atoms with Crippen molar-refractivity contribution in [3.63, 3.8) is 0 Å². The molecule has 0 radical (unpaired) electrons. The standard InChI is InChI=1S/C19H22FN3O2/c1-13(24)22-16-8-10-17(11-9-16)23-18(25)21-12-19(2,3)14-4-6-15(20)7-5-14/h4-11H,12H2,1-3H3,(H,22,24)(H2,21,23,25). The summed E-state index contributed by atoms with van der Waals surface area (Å²) in [5.41, 5.74) is 1.89. The minimum atomic E-state index is -0.333. The van der Waals surface area contributed by atoms with E-state index in [4.69, 9.17) is 0 Å². The third-order valence-electron chi connectivity index (χ3n) is 3.78. The van der Waals surface area contributed by atoms with E-state index >= 15 is 0 Å². The average Bonchev–Trinajstić information content (AvgIpc) is 2.55. The van der Waals surface area contributed by atoms with Crippen molar-refractivity contribution in [1.82, 2.24) is 5.32 Å². The van der Waals surface area contributed by atoms with Crippen molar-refractivity contribution in [2.45, 2.75) is 26.2 Å². The van der Waals surface area contributed by atoms with Gasteiger partial charge in [0.25, 0.3) is 0 Å². The highest BCUT2D eigenvalue weighted by Crippen LogP contribution is 2.22. The monoisotopic (exact) mass is 343 g/mol. The van der Waals surface area contributed by atoms with Gasteiger partial charge < -0.3 is 16.0 Å². The maximum Gasteiger partial charge on any atom is 0.319 e. The zero-order valence-electron chi connectivity index (χ0n) is 14.5. The number of nitrogens with one attached hydrogen (secondary N) is 3. The van der Waals surface area contributed by atoms with E-state index < -0.39 is 0 Å². The zero-order chi connectivity index (χ0) is 18.4. The van der Waals surface area contributed by atoms with Crippen LogP contribution >= 0.6 is 0 Å². The van der Waals surface area contributed by atoms with Crippen LogP contribution in [0.2, 0.25) is 0 Å². The van der Waals surface area contributed by atoms with E-state index in [2.05, 4.69) is 16.0 Å². The third-order valence-corrected chi connectivity index (χ3v) is 3.78. The lowest BCUT2D eigenvalue weighted by Crippen LogP contribution is -2.38. The summed E-state index contributed by atoms with van der Waals surface area (Å²) >= 11 is 0. The molecular formula is C19H22FN3O2. The van der Waals surface area contributed by atoms with Crippen LogP contribution in [0.1, 0.15) is 26.3 Å². The van der Waals surface area contributed by atoms with Gasteiger partial charge in [0.1, 0.15) is 5.82 Å². The lowest BCUT2D eigenvalue weighted by Gasteiger charge is -2.25. The van der Waals surface area contributed by atoms with Crippen LogP contribution in [0.25, 0.3) is 0 Å². The number of carbonyl (C=O) groups is 2. The van der Waals surface area contributed by atoms with Crippen molar-refractivity contribution in [3.05, 3.63) is 59.9 Å². The van der Waals surface area contributed by atoms with Crippen LogP contribution < -0.4 is 16.0 Å². The minimum absolute atomic E-state index is 0.151. The number of anilines is 2. The Bertz CT molecular complexity index is 740. The molecule has 5 nitrogen and oxygen atoms in total. The number of hydrogen-bond donors (Lipinski definition) is 3. The third kappa shape index (κ3) is 5.60. The molecule has 0 bridgehead atoms.